The van der Waals surface area contributed by atoms with Crippen molar-refractivity contribution in [3.05, 3.63) is 83.9 Å². The molecule has 4 heteroatoms. The van der Waals surface area contributed by atoms with Crippen molar-refractivity contribution < 1.29 is 13.3 Å². The normalized spacial score (nSPS) is 14.2. The van der Waals surface area contributed by atoms with E-state index in [1.165, 1.54) is 12.2 Å². The van der Waals surface area contributed by atoms with Crippen LogP contribution in [0.25, 0.3) is 12.2 Å². The molecule has 0 saturated heterocycles. The van der Waals surface area contributed by atoms with Crippen LogP contribution < -0.4 is 0 Å². The minimum Gasteiger partial charge on any atom is -0.307 e. The van der Waals surface area contributed by atoms with Gasteiger partial charge in [0.1, 0.15) is 0 Å². The smallest absolute Gasteiger partial charge is 0.0894 e. The summed E-state index contributed by atoms with van der Waals surface area (Å²) in [5.74, 6) is -0.573. The standard InChI is InChI=1S/C18H20O3S/c19-22(20,21,15-7-13-17-9-3-1-4-10-17)16-8-14-18-11-5-2-6-12-18/h1-14H,15-16H2,(H2,19,20,21). The first-order valence-electron chi connectivity index (χ1n) is 6.99. The van der Waals surface area contributed by atoms with Crippen LogP contribution in [0.1, 0.15) is 11.1 Å². The van der Waals surface area contributed by atoms with E-state index in [9.17, 15) is 13.3 Å². The summed E-state index contributed by atoms with van der Waals surface area (Å²) in [4.78, 5) is 0. The van der Waals surface area contributed by atoms with Gasteiger partial charge >= 0.3 is 0 Å². The van der Waals surface area contributed by atoms with Crippen LogP contribution in [0.5, 0.6) is 0 Å². The van der Waals surface area contributed by atoms with Gasteiger partial charge in [0.05, 0.1) is 21.1 Å². The van der Waals surface area contributed by atoms with Gasteiger partial charge in [-0.2, -0.15) is 0 Å². The van der Waals surface area contributed by atoms with Crippen molar-refractivity contribution in [3.63, 3.8) is 0 Å². The summed E-state index contributed by atoms with van der Waals surface area (Å²) in [5, 5.41) is 0. The third-order valence-electron chi connectivity index (χ3n) is 3.08. The molecule has 0 spiro atoms. The molecule has 116 valence electrons. The van der Waals surface area contributed by atoms with Crippen LogP contribution in [-0.2, 0) is 9.63 Å². The van der Waals surface area contributed by atoms with Crippen molar-refractivity contribution in [3.8, 4) is 0 Å². The van der Waals surface area contributed by atoms with Crippen LogP contribution in [0, 0.1) is 0 Å². The van der Waals surface area contributed by atoms with E-state index in [1.807, 2.05) is 60.7 Å². The molecule has 0 radical (unpaired) electrons. The van der Waals surface area contributed by atoms with Gasteiger partial charge in [-0.05, 0) is 11.1 Å². The van der Waals surface area contributed by atoms with Crippen molar-refractivity contribution in [1.29, 1.82) is 0 Å². The Kier molecular flexibility index (Phi) is 5.08. The highest BCUT2D eigenvalue weighted by molar-refractivity contribution is 8.10. The molecule has 22 heavy (non-hydrogen) atoms. The second kappa shape index (κ2) is 6.83. The molecular formula is C18H20O3S. The summed E-state index contributed by atoms with van der Waals surface area (Å²) < 4.78 is 32.1. The van der Waals surface area contributed by atoms with Gasteiger partial charge in [-0.15, -0.1) is 0 Å². The number of rotatable bonds is 6. The van der Waals surface area contributed by atoms with Crippen molar-refractivity contribution in [2.75, 3.05) is 11.5 Å². The zero-order valence-electron chi connectivity index (χ0n) is 12.2. The van der Waals surface area contributed by atoms with E-state index in [1.54, 1.807) is 12.2 Å². The highest BCUT2D eigenvalue weighted by Crippen LogP contribution is 2.18. The highest BCUT2D eigenvalue weighted by atomic mass is 32.3. The number of hydrogen-bond acceptors (Lipinski definition) is 1. The van der Waals surface area contributed by atoms with Gasteiger partial charge in [0, 0.05) is 0 Å². The van der Waals surface area contributed by atoms with Gasteiger partial charge in [-0.25, -0.2) is 4.21 Å². The molecule has 2 aromatic carbocycles. The van der Waals surface area contributed by atoms with E-state index in [-0.39, 0.29) is 11.5 Å². The highest BCUT2D eigenvalue weighted by Gasteiger charge is 2.26. The number of hydrogen-bond donors (Lipinski definition) is 2. The Labute approximate surface area is 131 Å². The molecule has 3 nitrogen and oxygen atoms in total. The molecule has 0 aliphatic carbocycles. The van der Waals surface area contributed by atoms with Crippen molar-refractivity contribution in [1.82, 2.24) is 0 Å². The first-order chi connectivity index (χ1) is 10.4. The maximum Gasteiger partial charge on any atom is 0.0894 e. The SMILES string of the molecule is O=S(O)(O)(CC=Cc1ccccc1)CC=Cc1ccccc1. The van der Waals surface area contributed by atoms with Crippen LogP contribution in [0.4, 0.5) is 0 Å². The van der Waals surface area contributed by atoms with E-state index in [2.05, 4.69) is 0 Å². The van der Waals surface area contributed by atoms with Gasteiger partial charge in [0.15, 0.2) is 0 Å². The lowest BCUT2D eigenvalue weighted by molar-refractivity contribution is 0.398. The molecule has 0 unspecified atom stereocenters. The molecule has 0 heterocycles. The Hall–Kier alpha value is -2.01. The fraction of sp³-hybridized carbons (Fsp3) is 0.111. The van der Waals surface area contributed by atoms with Crippen LogP contribution in [-0.4, -0.2) is 24.8 Å². The second-order valence-electron chi connectivity index (χ2n) is 5.15. The Morgan fingerprint density at radius 3 is 1.45 bits per heavy atom. The molecule has 0 aliphatic rings. The molecule has 0 atom stereocenters. The second-order valence-corrected chi connectivity index (χ2v) is 8.19. The Morgan fingerprint density at radius 2 is 1.09 bits per heavy atom. The quantitative estimate of drug-likeness (QED) is 0.840. The molecular weight excluding hydrogens is 296 g/mol. The molecule has 0 aliphatic heterocycles. The minimum absolute atomic E-state index is 0.286. The lowest BCUT2D eigenvalue weighted by Gasteiger charge is -2.27. The Balaban J connectivity index is 1.97. The zero-order chi connectivity index (χ0) is 15.9. The van der Waals surface area contributed by atoms with E-state index >= 15 is 0 Å². The van der Waals surface area contributed by atoms with Gasteiger partial charge in [-0.3, -0.25) is 0 Å². The van der Waals surface area contributed by atoms with Gasteiger partial charge < -0.3 is 9.11 Å². The minimum atomic E-state index is -4.65. The Bertz CT molecular complexity index is 655. The molecule has 0 aromatic heterocycles. The molecule has 0 bridgehead atoms. The predicted octanol–water partition coefficient (Wildman–Crippen LogP) is 4.18. The largest absolute Gasteiger partial charge is 0.307 e. The van der Waals surface area contributed by atoms with Crippen LogP contribution in [0.15, 0.2) is 72.8 Å². The van der Waals surface area contributed by atoms with Gasteiger partial charge in [0.25, 0.3) is 0 Å². The first-order valence-corrected chi connectivity index (χ1v) is 9.21. The summed E-state index contributed by atoms with van der Waals surface area (Å²) >= 11 is 0. The van der Waals surface area contributed by atoms with E-state index in [4.69, 9.17) is 0 Å². The summed E-state index contributed by atoms with van der Waals surface area (Å²) in [5.41, 5.74) is 1.84. The third-order valence-corrected chi connectivity index (χ3v) is 4.81. The van der Waals surface area contributed by atoms with Crippen LogP contribution in [0.3, 0.4) is 0 Å². The van der Waals surface area contributed by atoms with E-state index in [0.29, 0.717) is 0 Å². The fourth-order valence-electron chi connectivity index (χ4n) is 1.95. The number of benzene rings is 2. The maximum atomic E-state index is 12.2. The molecule has 2 N–H and O–H groups in total. The molecule has 0 amide bonds. The Morgan fingerprint density at radius 1 is 0.727 bits per heavy atom. The first kappa shape index (κ1) is 16.4. The predicted molar refractivity (Wildman–Crippen MR) is 94.1 cm³/mol. The summed E-state index contributed by atoms with van der Waals surface area (Å²) in [6.07, 6.45) is 6.50. The maximum absolute atomic E-state index is 12.2. The van der Waals surface area contributed by atoms with Crippen molar-refractivity contribution >= 4 is 21.8 Å². The van der Waals surface area contributed by atoms with Gasteiger partial charge in [-0.1, -0.05) is 85.0 Å². The summed E-state index contributed by atoms with van der Waals surface area (Å²) in [7, 11) is -4.65. The third kappa shape index (κ3) is 5.77. The lowest BCUT2D eigenvalue weighted by Crippen LogP contribution is -2.37. The summed E-state index contributed by atoms with van der Waals surface area (Å²) in [6.45, 7) is 0. The molecule has 2 aromatic rings. The average molecular weight is 316 g/mol. The molecule has 0 fully saturated rings. The molecule has 2 rings (SSSR count). The van der Waals surface area contributed by atoms with Crippen LogP contribution in [0.2, 0.25) is 0 Å². The van der Waals surface area contributed by atoms with E-state index < -0.39 is 9.63 Å². The monoisotopic (exact) mass is 316 g/mol. The average Bonchev–Trinajstić information content (AvgIpc) is 2.48. The van der Waals surface area contributed by atoms with Crippen LogP contribution >= 0.6 is 0 Å². The topological polar surface area (TPSA) is 57.5 Å². The zero-order valence-corrected chi connectivity index (χ0v) is 13.0. The van der Waals surface area contributed by atoms with Gasteiger partial charge in [0.2, 0.25) is 0 Å². The molecule has 0 saturated carbocycles. The summed E-state index contributed by atoms with van der Waals surface area (Å²) in [6, 6.07) is 18.9. The van der Waals surface area contributed by atoms with Crippen molar-refractivity contribution in [2.45, 2.75) is 0 Å². The lowest BCUT2D eigenvalue weighted by atomic mass is 10.2. The van der Waals surface area contributed by atoms with Crippen molar-refractivity contribution in [2.24, 2.45) is 0 Å². The van der Waals surface area contributed by atoms with E-state index in [0.717, 1.165) is 11.1 Å². The fourth-order valence-corrected chi connectivity index (χ4v) is 3.05.